The highest BCUT2D eigenvalue weighted by molar-refractivity contribution is 6.26. The number of benzene rings is 4. The lowest BCUT2D eigenvalue weighted by molar-refractivity contribution is 0.0431. The number of hydrogen-bond acceptors (Lipinski definition) is 6. The zero-order chi connectivity index (χ0) is 24.9. The smallest absolute Gasteiger partial charge is 0.162 e. The first kappa shape index (κ1) is 21.7. The van der Waals surface area contributed by atoms with Crippen molar-refractivity contribution in [2.24, 2.45) is 0 Å². The van der Waals surface area contributed by atoms with Crippen molar-refractivity contribution in [2.45, 2.75) is 78.2 Å². The van der Waals surface area contributed by atoms with Crippen molar-refractivity contribution in [1.29, 1.82) is 0 Å². The van der Waals surface area contributed by atoms with Crippen LogP contribution >= 0.6 is 0 Å². The summed E-state index contributed by atoms with van der Waals surface area (Å²) in [5.41, 5.74) is 0. The maximum atomic E-state index is 6.25. The van der Waals surface area contributed by atoms with Crippen molar-refractivity contribution < 1.29 is 28.4 Å². The van der Waals surface area contributed by atoms with Gasteiger partial charge in [-0.1, -0.05) is 0 Å². The molecule has 0 fully saturated rings. The van der Waals surface area contributed by atoms with Crippen LogP contribution in [0.1, 0.15) is 41.5 Å². The van der Waals surface area contributed by atoms with E-state index in [1.54, 1.807) is 0 Å². The molecule has 3 aliphatic heterocycles. The monoisotopic (exact) mass is 486 g/mol. The normalized spacial score (nSPS) is 28.5. The van der Waals surface area contributed by atoms with Crippen LogP contribution in [-0.4, -0.2) is 36.6 Å². The third-order valence-corrected chi connectivity index (χ3v) is 7.98. The van der Waals surface area contributed by atoms with Gasteiger partial charge in [-0.3, -0.25) is 0 Å². The van der Waals surface area contributed by atoms with E-state index < -0.39 is 0 Å². The van der Waals surface area contributed by atoms with Crippen molar-refractivity contribution in [2.75, 3.05) is 0 Å². The van der Waals surface area contributed by atoms with Crippen LogP contribution in [0.4, 0.5) is 0 Å². The molecule has 186 valence electrons. The van der Waals surface area contributed by atoms with E-state index in [4.69, 9.17) is 28.4 Å². The van der Waals surface area contributed by atoms with Crippen molar-refractivity contribution in [3.05, 3.63) is 36.4 Å². The fraction of sp³-hybridized carbons (Fsp3) is 0.400. The van der Waals surface area contributed by atoms with Crippen LogP contribution in [0.5, 0.6) is 34.5 Å². The molecule has 3 aliphatic rings. The van der Waals surface area contributed by atoms with E-state index in [2.05, 4.69) is 36.4 Å². The van der Waals surface area contributed by atoms with Crippen LogP contribution in [0.2, 0.25) is 0 Å². The van der Waals surface area contributed by atoms with Gasteiger partial charge in [-0.05, 0) is 110 Å². The Kier molecular flexibility index (Phi) is 4.51. The molecule has 3 heterocycles. The molecule has 6 atom stereocenters. The zero-order valence-corrected chi connectivity index (χ0v) is 21.4. The third kappa shape index (κ3) is 3.09. The lowest BCUT2D eigenvalue weighted by atomic mass is 9.92. The summed E-state index contributed by atoms with van der Waals surface area (Å²) in [5, 5.41) is 6.40. The van der Waals surface area contributed by atoms with Gasteiger partial charge in [0, 0.05) is 0 Å². The minimum Gasteiger partial charge on any atom is -0.483 e. The average Bonchev–Trinajstić information content (AvgIpc) is 2.84. The maximum Gasteiger partial charge on any atom is 0.162 e. The summed E-state index contributed by atoms with van der Waals surface area (Å²) in [5.74, 6) is 4.53. The highest BCUT2D eigenvalue weighted by atomic mass is 16.6. The fourth-order valence-corrected chi connectivity index (χ4v) is 5.35. The molecule has 36 heavy (non-hydrogen) atoms. The Hall–Kier alpha value is -3.54. The van der Waals surface area contributed by atoms with Gasteiger partial charge in [-0.25, -0.2) is 0 Å². The molecule has 7 rings (SSSR count). The van der Waals surface area contributed by atoms with Crippen LogP contribution in [0.3, 0.4) is 0 Å². The quantitative estimate of drug-likeness (QED) is 0.255. The van der Waals surface area contributed by atoms with Gasteiger partial charge < -0.3 is 28.4 Å². The second-order valence-electron chi connectivity index (χ2n) is 10.5. The minimum absolute atomic E-state index is 0.0328. The molecule has 6 heteroatoms. The highest BCUT2D eigenvalue weighted by Gasteiger charge is 2.30. The molecular weight excluding hydrogens is 456 g/mol. The summed E-state index contributed by atoms with van der Waals surface area (Å²) < 4.78 is 37.5. The molecule has 0 N–H and O–H groups in total. The Morgan fingerprint density at radius 1 is 0.306 bits per heavy atom. The van der Waals surface area contributed by atoms with Crippen LogP contribution in [0.15, 0.2) is 36.4 Å². The summed E-state index contributed by atoms with van der Waals surface area (Å²) in [7, 11) is 0. The predicted molar refractivity (Wildman–Crippen MR) is 139 cm³/mol. The lowest BCUT2D eigenvalue weighted by Crippen LogP contribution is -2.35. The standard InChI is InChI=1S/C30H30O6/c1-13-14(2)32-26-8-20-19(7-25(26)31-13)21-9-27-29(35-16(4)15(3)33-27)11-23(21)24-12-30-28(10-22(20)24)34-17(5)18(6)36-30/h7-18H,1-6H3. The molecule has 0 saturated heterocycles. The molecule has 4 aromatic carbocycles. The summed E-state index contributed by atoms with van der Waals surface area (Å²) in [6, 6.07) is 12.6. The summed E-state index contributed by atoms with van der Waals surface area (Å²) in [6.45, 7) is 12.2. The van der Waals surface area contributed by atoms with Gasteiger partial charge in [-0.2, -0.15) is 0 Å². The van der Waals surface area contributed by atoms with Gasteiger partial charge in [0.15, 0.2) is 34.5 Å². The first-order chi connectivity index (χ1) is 17.3. The third-order valence-electron chi connectivity index (χ3n) is 7.98. The molecule has 4 aromatic rings. The Labute approximate surface area is 210 Å². The SMILES string of the molecule is CC1Oc2cc3c4cc5c(cc4c4cc6c(cc4c3cc2OC1C)OC(C)C(C)O6)OC(C)C(C)O5. The Morgan fingerprint density at radius 2 is 0.444 bits per heavy atom. The predicted octanol–water partition coefficient (Wildman–Crippen LogP) is 6.79. The molecule has 6 unspecified atom stereocenters. The molecule has 0 aliphatic carbocycles. The van der Waals surface area contributed by atoms with E-state index in [0.717, 1.165) is 66.8 Å². The van der Waals surface area contributed by atoms with E-state index in [9.17, 15) is 0 Å². The summed E-state index contributed by atoms with van der Waals surface area (Å²) in [4.78, 5) is 0. The molecule has 0 saturated carbocycles. The molecule has 0 amide bonds. The van der Waals surface area contributed by atoms with Gasteiger partial charge in [0.1, 0.15) is 36.6 Å². The van der Waals surface area contributed by atoms with Crippen LogP contribution in [0, 0.1) is 0 Å². The fourth-order valence-electron chi connectivity index (χ4n) is 5.35. The minimum atomic E-state index is -0.0328. The molecule has 0 spiro atoms. The first-order valence-corrected chi connectivity index (χ1v) is 12.8. The number of rotatable bonds is 0. The average molecular weight is 487 g/mol. The maximum absolute atomic E-state index is 6.25. The highest BCUT2D eigenvalue weighted by Crippen LogP contribution is 2.49. The van der Waals surface area contributed by atoms with E-state index in [0.29, 0.717) is 0 Å². The molecule has 0 radical (unpaired) electrons. The van der Waals surface area contributed by atoms with Gasteiger partial charge >= 0.3 is 0 Å². The van der Waals surface area contributed by atoms with E-state index in [1.165, 1.54) is 0 Å². The second-order valence-corrected chi connectivity index (χ2v) is 10.5. The Bertz CT molecular complexity index is 1230. The van der Waals surface area contributed by atoms with E-state index in [1.807, 2.05) is 41.5 Å². The van der Waals surface area contributed by atoms with Crippen LogP contribution in [-0.2, 0) is 0 Å². The Morgan fingerprint density at radius 3 is 0.583 bits per heavy atom. The van der Waals surface area contributed by atoms with Gasteiger partial charge in [0.25, 0.3) is 0 Å². The largest absolute Gasteiger partial charge is 0.483 e. The van der Waals surface area contributed by atoms with Crippen LogP contribution in [0.25, 0.3) is 32.3 Å². The van der Waals surface area contributed by atoms with Crippen molar-refractivity contribution >= 4 is 32.3 Å². The molecule has 6 nitrogen and oxygen atoms in total. The van der Waals surface area contributed by atoms with E-state index >= 15 is 0 Å². The number of fused-ring (bicyclic) bond motifs is 9. The first-order valence-electron chi connectivity index (χ1n) is 12.8. The summed E-state index contributed by atoms with van der Waals surface area (Å²) >= 11 is 0. The van der Waals surface area contributed by atoms with Gasteiger partial charge in [0.05, 0.1) is 0 Å². The topological polar surface area (TPSA) is 55.4 Å². The van der Waals surface area contributed by atoms with Crippen LogP contribution < -0.4 is 28.4 Å². The number of ether oxygens (including phenoxy) is 6. The second kappa shape index (κ2) is 7.48. The zero-order valence-electron chi connectivity index (χ0n) is 21.4. The van der Waals surface area contributed by atoms with Gasteiger partial charge in [-0.15, -0.1) is 0 Å². The number of hydrogen-bond donors (Lipinski definition) is 0. The molecular formula is C30H30O6. The molecule has 0 aromatic heterocycles. The van der Waals surface area contributed by atoms with Crippen molar-refractivity contribution in [3.8, 4) is 34.5 Å². The van der Waals surface area contributed by atoms with Crippen molar-refractivity contribution in [3.63, 3.8) is 0 Å². The molecule has 0 bridgehead atoms. The van der Waals surface area contributed by atoms with Gasteiger partial charge in [0.2, 0.25) is 0 Å². The Balaban J connectivity index is 1.58. The van der Waals surface area contributed by atoms with E-state index in [-0.39, 0.29) is 36.6 Å². The summed E-state index contributed by atoms with van der Waals surface area (Å²) in [6.07, 6.45) is -0.197. The lowest BCUT2D eigenvalue weighted by Gasteiger charge is -2.32. The van der Waals surface area contributed by atoms with Crippen molar-refractivity contribution in [1.82, 2.24) is 0 Å².